The van der Waals surface area contributed by atoms with E-state index in [0.29, 0.717) is 12.5 Å². The van der Waals surface area contributed by atoms with E-state index in [1.807, 2.05) is 17.5 Å². The van der Waals surface area contributed by atoms with E-state index in [2.05, 4.69) is 54.5 Å². The number of hydrogen-bond donors (Lipinski definition) is 1. The Balaban J connectivity index is 0.00000272. The fraction of sp³-hybridized carbons (Fsp3) is 0.167. The maximum absolute atomic E-state index is 11.5. The summed E-state index contributed by atoms with van der Waals surface area (Å²) < 4.78 is 0. The van der Waals surface area contributed by atoms with Crippen LogP contribution in [0.5, 0.6) is 0 Å². The molecule has 2 heterocycles. The van der Waals surface area contributed by atoms with Gasteiger partial charge in [-0.1, -0.05) is 50.2 Å². The van der Waals surface area contributed by atoms with Crippen molar-refractivity contribution in [3.05, 3.63) is 87.4 Å². The average molecular weight is 459 g/mol. The molecule has 7 heteroatoms. The quantitative estimate of drug-likeness (QED) is 0.326. The number of carboxylic acid groups (broad SMARTS) is 1. The SMILES string of the molecule is CC(C)c1ccc(-c2csc(N(Cc3cccs3)c3cccc(C(=O)O)c3)n2)cc1.[NaH]. The summed E-state index contributed by atoms with van der Waals surface area (Å²) in [5.41, 5.74) is 4.40. The van der Waals surface area contributed by atoms with Crippen molar-refractivity contribution in [3.8, 4) is 11.3 Å². The van der Waals surface area contributed by atoms with Gasteiger partial charge in [0.15, 0.2) is 5.13 Å². The van der Waals surface area contributed by atoms with Crippen LogP contribution in [0.1, 0.15) is 40.6 Å². The molecule has 0 bridgehead atoms. The van der Waals surface area contributed by atoms with E-state index >= 15 is 0 Å². The summed E-state index contributed by atoms with van der Waals surface area (Å²) in [6, 6.07) is 19.7. The molecule has 0 saturated carbocycles. The standard InChI is InChI=1S/C24H22N2O2S2.Na.H/c1-16(2)17-8-10-18(11-9-17)22-15-30-24(25-22)26(14-21-7-4-12-29-21)20-6-3-5-19(13-20)23(27)28;;/h3-13,15-16H,14H2,1-2H3,(H,27,28);;. The van der Waals surface area contributed by atoms with E-state index in [0.717, 1.165) is 22.1 Å². The first-order valence-corrected chi connectivity index (χ1v) is 11.5. The number of carboxylic acids is 1. The summed E-state index contributed by atoms with van der Waals surface area (Å²) in [6.07, 6.45) is 0. The van der Waals surface area contributed by atoms with Crippen LogP contribution in [0.4, 0.5) is 10.8 Å². The molecule has 0 saturated heterocycles. The molecule has 31 heavy (non-hydrogen) atoms. The van der Waals surface area contributed by atoms with Gasteiger partial charge < -0.3 is 10.0 Å². The van der Waals surface area contributed by atoms with Crippen LogP contribution in [-0.2, 0) is 6.54 Å². The number of hydrogen-bond acceptors (Lipinski definition) is 5. The van der Waals surface area contributed by atoms with Crippen molar-refractivity contribution in [1.82, 2.24) is 4.98 Å². The summed E-state index contributed by atoms with van der Waals surface area (Å²) >= 11 is 3.24. The molecule has 0 atom stereocenters. The van der Waals surface area contributed by atoms with Crippen LogP contribution in [0.2, 0.25) is 0 Å². The summed E-state index contributed by atoms with van der Waals surface area (Å²) in [5.74, 6) is -0.439. The van der Waals surface area contributed by atoms with Gasteiger partial charge in [-0.25, -0.2) is 9.78 Å². The summed E-state index contributed by atoms with van der Waals surface area (Å²) in [6.45, 7) is 5.01. The van der Waals surface area contributed by atoms with Crippen LogP contribution >= 0.6 is 22.7 Å². The molecule has 2 aromatic carbocycles. The zero-order valence-electron chi connectivity index (χ0n) is 16.8. The summed E-state index contributed by atoms with van der Waals surface area (Å²) in [7, 11) is 0. The Morgan fingerprint density at radius 3 is 2.48 bits per heavy atom. The van der Waals surface area contributed by atoms with Crippen molar-refractivity contribution in [2.45, 2.75) is 26.3 Å². The van der Waals surface area contributed by atoms with Gasteiger partial charge in [-0.15, -0.1) is 22.7 Å². The third kappa shape index (κ3) is 5.64. The van der Waals surface area contributed by atoms with Gasteiger partial charge in [0.25, 0.3) is 0 Å². The van der Waals surface area contributed by atoms with Gasteiger partial charge in [0.1, 0.15) is 0 Å². The van der Waals surface area contributed by atoms with Crippen molar-refractivity contribution in [2.75, 3.05) is 4.90 Å². The van der Waals surface area contributed by atoms with Crippen LogP contribution < -0.4 is 4.90 Å². The Labute approximate surface area is 212 Å². The Morgan fingerprint density at radius 2 is 1.84 bits per heavy atom. The van der Waals surface area contributed by atoms with Crippen molar-refractivity contribution >= 4 is 69.0 Å². The maximum atomic E-state index is 11.5. The van der Waals surface area contributed by atoms with E-state index in [4.69, 9.17) is 4.98 Å². The molecule has 154 valence electrons. The second-order valence-electron chi connectivity index (χ2n) is 7.31. The number of thiazole rings is 1. The molecule has 0 unspecified atom stereocenters. The van der Waals surface area contributed by atoms with Crippen LogP contribution in [-0.4, -0.2) is 45.6 Å². The van der Waals surface area contributed by atoms with Crippen LogP contribution in [0, 0.1) is 0 Å². The van der Waals surface area contributed by atoms with Gasteiger partial charge in [-0.05, 0) is 41.1 Å². The van der Waals surface area contributed by atoms with Crippen molar-refractivity contribution in [2.24, 2.45) is 0 Å². The molecule has 2 aromatic heterocycles. The molecular formula is C24H23N2NaO2S2. The predicted octanol–water partition coefficient (Wildman–Crippen LogP) is 6.38. The Bertz CT molecular complexity index is 1140. The molecule has 0 spiro atoms. The molecule has 0 fully saturated rings. The second kappa shape index (κ2) is 10.6. The second-order valence-corrected chi connectivity index (χ2v) is 9.18. The van der Waals surface area contributed by atoms with Gasteiger partial charge in [0.2, 0.25) is 0 Å². The van der Waals surface area contributed by atoms with E-state index in [1.54, 1.807) is 40.9 Å². The predicted molar refractivity (Wildman–Crippen MR) is 132 cm³/mol. The molecule has 0 aliphatic heterocycles. The van der Waals surface area contributed by atoms with Gasteiger partial charge in [-0.2, -0.15) is 0 Å². The van der Waals surface area contributed by atoms with E-state index in [9.17, 15) is 9.90 Å². The zero-order valence-corrected chi connectivity index (χ0v) is 18.4. The number of nitrogens with zero attached hydrogens (tertiary/aromatic N) is 2. The Morgan fingerprint density at radius 1 is 1.06 bits per heavy atom. The van der Waals surface area contributed by atoms with Crippen LogP contribution in [0.15, 0.2) is 71.4 Å². The monoisotopic (exact) mass is 458 g/mol. The van der Waals surface area contributed by atoms with Gasteiger partial charge in [0.05, 0.1) is 17.8 Å². The van der Waals surface area contributed by atoms with Gasteiger partial charge in [-0.3, -0.25) is 0 Å². The minimum absolute atomic E-state index is 0. The van der Waals surface area contributed by atoms with Crippen LogP contribution in [0.3, 0.4) is 0 Å². The van der Waals surface area contributed by atoms with Crippen molar-refractivity contribution in [3.63, 3.8) is 0 Å². The molecule has 4 nitrogen and oxygen atoms in total. The molecule has 0 amide bonds. The average Bonchev–Trinajstić information content (AvgIpc) is 3.44. The van der Waals surface area contributed by atoms with E-state index in [-0.39, 0.29) is 35.1 Å². The van der Waals surface area contributed by atoms with Crippen molar-refractivity contribution in [1.29, 1.82) is 0 Å². The number of thiophene rings is 1. The van der Waals surface area contributed by atoms with Crippen molar-refractivity contribution < 1.29 is 9.90 Å². The summed E-state index contributed by atoms with van der Waals surface area (Å²) in [4.78, 5) is 19.6. The number of aromatic carboxylic acids is 1. The number of anilines is 2. The minimum atomic E-state index is -0.932. The number of rotatable bonds is 7. The molecule has 1 N–H and O–H groups in total. The first-order valence-electron chi connectivity index (χ1n) is 9.70. The molecular weight excluding hydrogens is 435 g/mol. The fourth-order valence-corrected chi connectivity index (χ4v) is 4.74. The molecule has 0 aliphatic rings. The van der Waals surface area contributed by atoms with Gasteiger partial charge in [0, 0.05) is 21.5 Å². The first-order chi connectivity index (χ1) is 14.5. The topological polar surface area (TPSA) is 53.4 Å². The van der Waals surface area contributed by atoms with Crippen LogP contribution in [0.25, 0.3) is 11.3 Å². The third-order valence-corrected chi connectivity index (χ3v) is 6.62. The van der Waals surface area contributed by atoms with E-state index < -0.39 is 5.97 Å². The Kier molecular flexibility index (Phi) is 8.08. The molecule has 4 aromatic rings. The number of carbonyl (C=O) groups is 1. The molecule has 0 aliphatic carbocycles. The normalized spacial score (nSPS) is 10.7. The summed E-state index contributed by atoms with van der Waals surface area (Å²) in [5, 5.41) is 14.3. The number of aromatic nitrogens is 1. The molecule has 0 radical (unpaired) electrons. The van der Waals surface area contributed by atoms with E-state index in [1.165, 1.54) is 10.4 Å². The fourth-order valence-electron chi connectivity index (χ4n) is 3.19. The Hall–Kier alpha value is -1.96. The first kappa shape index (κ1) is 23.7. The zero-order chi connectivity index (χ0) is 21.1. The molecule has 4 rings (SSSR count). The van der Waals surface area contributed by atoms with Gasteiger partial charge >= 0.3 is 35.5 Å². The third-order valence-electron chi connectivity index (χ3n) is 4.89. The number of benzene rings is 2.